The van der Waals surface area contributed by atoms with Crippen molar-refractivity contribution in [2.24, 2.45) is 0 Å². The van der Waals surface area contributed by atoms with Crippen molar-refractivity contribution in [2.45, 2.75) is 12.8 Å². The predicted molar refractivity (Wildman–Crippen MR) is 47.3 cm³/mol. The molecular weight excluding hydrogens is 233 g/mol. The smallest absolute Gasteiger partial charge is 0.369 e. The lowest BCUT2D eigenvalue weighted by Gasteiger charge is -2.07. The fourth-order valence-corrected chi connectivity index (χ4v) is 0.988. The van der Waals surface area contributed by atoms with Gasteiger partial charge in [0.1, 0.15) is 19.0 Å². The van der Waals surface area contributed by atoms with Crippen molar-refractivity contribution in [3.8, 4) is 0 Å². The first-order valence-corrected chi connectivity index (χ1v) is 4.15. The number of nitrogen functional groups attached to an aromatic ring is 1. The molecule has 0 aliphatic carbocycles. The third kappa shape index (κ3) is 4.70. The van der Waals surface area contributed by atoms with Crippen molar-refractivity contribution >= 4 is 18.2 Å². The van der Waals surface area contributed by atoms with E-state index in [1.165, 1.54) is 0 Å². The monoisotopic (exact) mass is 240 g/mol. The number of H-pyrrole nitrogens is 1. The van der Waals surface area contributed by atoms with Crippen molar-refractivity contribution in [1.82, 2.24) is 15.0 Å². The summed E-state index contributed by atoms with van der Waals surface area (Å²) >= 11 is 4.61. The van der Waals surface area contributed by atoms with Gasteiger partial charge in [-0.3, -0.25) is 0 Å². The summed E-state index contributed by atoms with van der Waals surface area (Å²) in [6.07, 6.45) is -4.37. The van der Waals surface area contributed by atoms with Crippen LogP contribution in [0.25, 0.3) is 0 Å². The minimum Gasteiger partial charge on any atom is -0.369 e. The molecule has 1 rings (SSSR count). The molecule has 0 amide bonds. The Labute approximate surface area is 87.5 Å². The number of nitrogens with one attached hydrogen (secondary N) is 1. The van der Waals surface area contributed by atoms with Gasteiger partial charge in [-0.15, -0.1) is 0 Å². The number of ether oxygens (including phenoxy) is 1. The second-order valence-electron chi connectivity index (χ2n) is 2.57. The van der Waals surface area contributed by atoms with Crippen molar-refractivity contribution in [3.63, 3.8) is 0 Å². The number of nitrogens with two attached hydrogens (primary N) is 1. The van der Waals surface area contributed by atoms with Crippen LogP contribution >= 0.6 is 12.2 Å². The molecule has 0 saturated heterocycles. The van der Waals surface area contributed by atoms with Gasteiger partial charge in [0, 0.05) is 0 Å². The summed E-state index contributed by atoms with van der Waals surface area (Å²) in [5, 5.41) is 0. The van der Waals surface area contributed by atoms with E-state index >= 15 is 0 Å². The Morgan fingerprint density at radius 2 is 2.07 bits per heavy atom. The Bertz CT molecular complexity index is 391. The molecule has 9 heteroatoms. The number of anilines is 1. The molecule has 0 aliphatic heterocycles. The van der Waals surface area contributed by atoms with E-state index in [-0.39, 0.29) is 23.2 Å². The Balaban J connectivity index is 2.55. The van der Waals surface area contributed by atoms with Crippen LogP contribution in [0.15, 0.2) is 0 Å². The highest BCUT2D eigenvalue weighted by Crippen LogP contribution is 2.14. The third-order valence-electron chi connectivity index (χ3n) is 1.22. The van der Waals surface area contributed by atoms with Crippen LogP contribution in [0.4, 0.5) is 19.1 Å². The zero-order valence-electron chi connectivity index (χ0n) is 7.34. The average molecular weight is 240 g/mol. The van der Waals surface area contributed by atoms with Gasteiger partial charge < -0.3 is 15.5 Å². The first-order valence-electron chi connectivity index (χ1n) is 3.74. The lowest BCUT2D eigenvalue weighted by molar-refractivity contribution is -0.177. The normalized spacial score (nSPS) is 11.7. The van der Waals surface area contributed by atoms with Gasteiger partial charge in [0.05, 0.1) is 0 Å². The number of hydrogen-bond acceptors (Lipinski definition) is 5. The van der Waals surface area contributed by atoms with E-state index in [1.54, 1.807) is 0 Å². The molecule has 0 aromatic carbocycles. The standard InChI is InChI=1S/C6H7F3N4OS/c7-6(8,9)2-14-1-3-11-4(10)13-5(15)12-3/h1-2H2,(H3,10,11,12,13,15). The van der Waals surface area contributed by atoms with Gasteiger partial charge in [-0.1, -0.05) is 0 Å². The number of aromatic amines is 1. The van der Waals surface area contributed by atoms with Gasteiger partial charge in [-0.25, -0.2) is 4.98 Å². The Hall–Kier alpha value is -1.22. The molecule has 84 valence electrons. The number of halogens is 3. The van der Waals surface area contributed by atoms with E-state index in [1.807, 2.05) is 0 Å². The maximum absolute atomic E-state index is 11.7. The van der Waals surface area contributed by atoms with Gasteiger partial charge in [0.15, 0.2) is 0 Å². The minimum absolute atomic E-state index is 0.0133. The predicted octanol–water partition coefficient (Wildman–Crippen LogP) is 1.20. The lowest BCUT2D eigenvalue weighted by Crippen LogP contribution is -2.17. The van der Waals surface area contributed by atoms with Crippen LogP contribution in [0.5, 0.6) is 0 Å². The number of rotatable bonds is 3. The molecule has 0 atom stereocenters. The van der Waals surface area contributed by atoms with E-state index in [4.69, 9.17) is 5.73 Å². The lowest BCUT2D eigenvalue weighted by atomic mass is 10.6. The second-order valence-corrected chi connectivity index (χ2v) is 2.94. The second kappa shape index (κ2) is 4.53. The minimum atomic E-state index is -4.37. The number of aromatic nitrogens is 3. The first kappa shape index (κ1) is 11.9. The van der Waals surface area contributed by atoms with E-state index in [9.17, 15) is 13.2 Å². The highest BCUT2D eigenvalue weighted by atomic mass is 32.1. The number of nitrogens with zero attached hydrogens (tertiary/aromatic N) is 2. The van der Waals surface area contributed by atoms with Crippen LogP contribution in [-0.2, 0) is 11.3 Å². The third-order valence-corrected chi connectivity index (χ3v) is 1.41. The molecule has 1 aromatic heterocycles. The van der Waals surface area contributed by atoms with Crippen LogP contribution in [0.2, 0.25) is 0 Å². The van der Waals surface area contributed by atoms with Gasteiger partial charge in [-0.05, 0) is 12.2 Å². The zero-order chi connectivity index (χ0) is 11.5. The number of alkyl halides is 3. The van der Waals surface area contributed by atoms with Gasteiger partial charge >= 0.3 is 6.18 Å². The molecule has 0 unspecified atom stereocenters. The topological polar surface area (TPSA) is 76.8 Å². The average Bonchev–Trinajstić information content (AvgIpc) is 1.99. The molecule has 3 N–H and O–H groups in total. The quantitative estimate of drug-likeness (QED) is 0.776. The fraction of sp³-hybridized carbons (Fsp3) is 0.500. The molecule has 0 saturated carbocycles. The van der Waals surface area contributed by atoms with Gasteiger partial charge in [0.2, 0.25) is 10.7 Å². The summed E-state index contributed by atoms with van der Waals surface area (Å²) in [4.78, 5) is 9.60. The Morgan fingerprint density at radius 1 is 1.40 bits per heavy atom. The molecule has 5 nitrogen and oxygen atoms in total. The maximum Gasteiger partial charge on any atom is 0.411 e. The Kier molecular flexibility index (Phi) is 3.58. The molecular formula is C6H7F3N4OS. The molecule has 0 spiro atoms. The SMILES string of the molecule is Nc1nc(=S)nc(COCC(F)(F)F)[nH]1. The molecule has 0 radical (unpaired) electrons. The van der Waals surface area contributed by atoms with Crippen LogP contribution < -0.4 is 5.73 Å². The maximum atomic E-state index is 11.7. The van der Waals surface area contributed by atoms with Crippen LogP contribution in [0.1, 0.15) is 5.82 Å². The molecule has 1 aromatic rings. The van der Waals surface area contributed by atoms with Crippen molar-refractivity contribution in [3.05, 3.63) is 10.6 Å². The molecule has 0 fully saturated rings. The van der Waals surface area contributed by atoms with E-state index in [2.05, 4.69) is 31.9 Å². The van der Waals surface area contributed by atoms with Crippen LogP contribution in [0, 0.1) is 4.77 Å². The summed E-state index contributed by atoms with van der Waals surface area (Å²) in [5.74, 6) is 0.0948. The van der Waals surface area contributed by atoms with Crippen LogP contribution in [0.3, 0.4) is 0 Å². The summed E-state index contributed by atoms with van der Waals surface area (Å²) in [7, 11) is 0. The summed E-state index contributed by atoms with van der Waals surface area (Å²) in [5.41, 5.74) is 5.27. The van der Waals surface area contributed by atoms with E-state index < -0.39 is 12.8 Å². The Morgan fingerprint density at radius 3 is 2.60 bits per heavy atom. The highest BCUT2D eigenvalue weighted by molar-refractivity contribution is 7.71. The highest BCUT2D eigenvalue weighted by Gasteiger charge is 2.27. The van der Waals surface area contributed by atoms with Gasteiger partial charge in [0.25, 0.3) is 0 Å². The largest absolute Gasteiger partial charge is 0.411 e. The fourth-order valence-electron chi connectivity index (χ4n) is 0.779. The summed E-state index contributed by atoms with van der Waals surface area (Å²) < 4.78 is 39.4. The van der Waals surface area contributed by atoms with Gasteiger partial charge in [-0.2, -0.15) is 18.2 Å². The van der Waals surface area contributed by atoms with Crippen molar-refractivity contribution in [1.29, 1.82) is 0 Å². The zero-order valence-corrected chi connectivity index (χ0v) is 8.15. The van der Waals surface area contributed by atoms with Crippen molar-refractivity contribution < 1.29 is 17.9 Å². The summed E-state index contributed by atoms with van der Waals surface area (Å²) in [6, 6.07) is 0. The molecule has 15 heavy (non-hydrogen) atoms. The molecule has 0 bridgehead atoms. The van der Waals surface area contributed by atoms with E-state index in [0.717, 1.165) is 0 Å². The number of hydrogen-bond donors (Lipinski definition) is 2. The van der Waals surface area contributed by atoms with E-state index in [0.29, 0.717) is 0 Å². The first-order chi connectivity index (χ1) is 6.87. The summed E-state index contributed by atoms with van der Waals surface area (Å²) in [6.45, 7) is -1.70. The van der Waals surface area contributed by atoms with Crippen molar-refractivity contribution in [2.75, 3.05) is 12.3 Å². The molecule has 1 heterocycles. The molecule has 0 aliphatic rings. The van der Waals surface area contributed by atoms with Crippen LogP contribution in [-0.4, -0.2) is 27.7 Å².